The van der Waals surface area contributed by atoms with Gasteiger partial charge in [-0.3, -0.25) is 0 Å². The van der Waals surface area contributed by atoms with Crippen LogP contribution < -0.4 is 5.73 Å². The van der Waals surface area contributed by atoms with E-state index in [-0.39, 0.29) is 29.9 Å². The lowest BCUT2D eigenvalue weighted by molar-refractivity contribution is 0.447. The van der Waals surface area contributed by atoms with Crippen molar-refractivity contribution in [1.82, 2.24) is 0 Å². The second kappa shape index (κ2) is 5.73. The van der Waals surface area contributed by atoms with Gasteiger partial charge < -0.3 is 15.9 Å². The van der Waals surface area contributed by atoms with Crippen molar-refractivity contribution in [1.29, 1.82) is 0 Å². The van der Waals surface area contributed by atoms with E-state index in [1.54, 1.807) is 12.1 Å². The molecule has 0 aliphatic rings. The van der Waals surface area contributed by atoms with Gasteiger partial charge >= 0.3 is 0 Å². The first-order valence-corrected chi connectivity index (χ1v) is 4.42. The summed E-state index contributed by atoms with van der Waals surface area (Å²) in [7, 11) is 0. The molecule has 0 saturated heterocycles. The zero-order valence-electron chi connectivity index (χ0n) is 8.10. The van der Waals surface area contributed by atoms with Crippen LogP contribution >= 0.6 is 12.4 Å². The number of rotatable bonds is 3. The van der Waals surface area contributed by atoms with E-state index in [0.29, 0.717) is 0 Å². The van der Waals surface area contributed by atoms with Crippen LogP contribution in [-0.2, 0) is 0 Å². The van der Waals surface area contributed by atoms with E-state index in [2.05, 4.69) is 0 Å². The van der Waals surface area contributed by atoms with Crippen molar-refractivity contribution in [2.24, 2.45) is 5.73 Å². The Labute approximate surface area is 90.0 Å². The third kappa shape index (κ3) is 3.44. The highest BCUT2D eigenvalue weighted by Crippen LogP contribution is 2.25. The summed E-state index contributed by atoms with van der Waals surface area (Å²) < 4.78 is 0. The molecule has 0 bridgehead atoms. The minimum Gasteiger partial charge on any atom is -0.508 e. The summed E-state index contributed by atoms with van der Waals surface area (Å²) in [5.41, 5.74) is 6.60. The molecule has 80 valence electrons. The molecular weight excluding hydrogens is 202 g/mol. The summed E-state index contributed by atoms with van der Waals surface area (Å²) in [5.74, 6) is 0.114. The smallest absolute Gasteiger partial charge is 0.119 e. The molecule has 0 aromatic heterocycles. The Bertz CT molecular complexity index is 271. The number of phenolic OH excluding ortho intramolecular Hbond substituents is 2. The summed E-state index contributed by atoms with van der Waals surface area (Å²) in [6.07, 6.45) is 1.83. The molecule has 0 aliphatic carbocycles. The van der Waals surface area contributed by atoms with E-state index < -0.39 is 0 Å². The maximum absolute atomic E-state index is 9.20. The van der Waals surface area contributed by atoms with Crippen LogP contribution in [0.4, 0.5) is 0 Å². The second-order valence-electron chi connectivity index (χ2n) is 3.18. The van der Waals surface area contributed by atoms with Crippen molar-refractivity contribution < 1.29 is 10.2 Å². The van der Waals surface area contributed by atoms with Gasteiger partial charge in [0, 0.05) is 12.1 Å². The molecule has 4 heteroatoms. The number of aromatic hydroxyl groups is 2. The molecule has 0 amide bonds. The predicted molar refractivity (Wildman–Crippen MR) is 58.9 cm³/mol. The van der Waals surface area contributed by atoms with E-state index in [4.69, 9.17) is 5.73 Å². The van der Waals surface area contributed by atoms with Gasteiger partial charge in [0.1, 0.15) is 11.5 Å². The Hall–Kier alpha value is -0.930. The number of hydrogen-bond donors (Lipinski definition) is 3. The maximum Gasteiger partial charge on any atom is 0.119 e. The molecule has 0 saturated carbocycles. The fourth-order valence-corrected chi connectivity index (χ4v) is 1.31. The third-order valence-electron chi connectivity index (χ3n) is 1.95. The fraction of sp³-hybridized carbons (Fsp3) is 0.400. The van der Waals surface area contributed by atoms with Gasteiger partial charge in [0.05, 0.1) is 0 Å². The van der Waals surface area contributed by atoms with Crippen molar-refractivity contribution in [3.05, 3.63) is 23.8 Å². The Morgan fingerprint density at radius 3 is 2.14 bits per heavy atom. The zero-order chi connectivity index (χ0) is 9.84. The molecule has 4 N–H and O–H groups in total. The zero-order valence-corrected chi connectivity index (χ0v) is 8.92. The lowest BCUT2D eigenvalue weighted by atomic mass is 10.0. The molecule has 1 aromatic rings. The molecule has 1 aromatic carbocycles. The molecule has 0 radical (unpaired) electrons. The van der Waals surface area contributed by atoms with Gasteiger partial charge in [0.15, 0.2) is 0 Å². The molecule has 0 fully saturated rings. The monoisotopic (exact) mass is 217 g/mol. The van der Waals surface area contributed by atoms with Crippen LogP contribution in [0, 0.1) is 0 Å². The van der Waals surface area contributed by atoms with Crippen LogP contribution in [0.2, 0.25) is 0 Å². The van der Waals surface area contributed by atoms with Crippen LogP contribution in [0.5, 0.6) is 11.5 Å². The lowest BCUT2D eigenvalue weighted by Crippen LogP contribution is -2.09. The van der Waals surface area contributed by atoms with Gasteiger partial charge in [-0.1, -0.05) is 13.3 Å². The molecule has 0 aliphatic heterocycles. The van der Waals surface area contributed by atoms with Gasteiger partial charge in [-0.05, 0) is 24.1 Å². The number of halogens is 1. The molecule has 0 heterocycles. The molecule has 14 heavy (non-hydrogen) atoms. The molecule has 1 rings (SSSR count). The van der Waals surface area contributed by atoms with Gasteiger partial charge in [0.2, 0.25) is 0 Å². The van der Waals surface area contributed by atoms with Crippen LogP contribution in [0.25, 0.3) is 0 Å². The van der Waals surface area contributed by atoms with E-state index in [9.17, 15) is 10.2 Å². The van der Waals surface area contributed by atoms with E-state index in [1.165, 1.54) is 6.07 Å². The van der Waals surface area contributed by atoms with Gasteiger partial charge in [-0.25, -0.2) is 0 Å². The quantitative estimate of drug-likeness (QED) is 0.728. The highest BCUT2D eigenvalue weighted by molar-refractivity contribution is 5.85. The van der Waals surface area contributed by atoms with E-state index in [1.807, 2.05) is 6.92 Å². The molecule has 1 atom stereocenters. The summed E-state index contributed by atoms with van der Waals surface area (Å²) in [6.45, 7) is 2.04. The lowest BCUT2D eigenvalue weighted by Gasteiger charge is -2.11. The molecule has 3 nitrogen and oxygen atoms in total. The maximum atomic E-state index is 9.20. The molecular formula is C10H16ClNO2. The topological polar surface area (TPSA) is 66.5 Å². The van der Waals surface area contributed by atoms with E-state index >= 15 is 0 Å². The first-order valence-electron chi connectivity index (χ1n) is 4.42. The van der Waals surface area contributed by atoms with E-state index in [0.717, 1.165) is 18.4 Å². The highest BCUT2D eigenvalue weighted by Gasteiger charge is 2.06. The molecule has 0 unspecified atom stereocenters. The van der Waals surface area contributed by atoms with Gasteiger partial charge in [-0.15, -0.1) is 12.4 Å². The Morgan fingerprint density at radius 2 is 1.71 bits per heavy atom. The molecule has 0 spiro atoms. The summed E-state index contributed by atoms with van der Waals surface area (Å²) in [4.78, 5) is 0. The number of benzene rings is 1. The summed E-state index contributed by atoms with van der Waals surface area (Å²) >= 11 is 0. The van der Waals surface area contributed by atoms with Gasteiger partial charge in [-0.2, -0.15) is 0 Å². The third-order valence-corrected chi connectivity index (χ3v) is 1.95. The van der Waals surface area contributed by atoms with Crippen LogP contribution in [-0.4, -0.2) is 10.2 Å². The summed E-state index contributed by atoms with van der Waals surface area (Å²) in [6, 6.07) is 4.35. The first kappa shape index (κ1) is 13.1. The largest absolute Gasteiger partial charge is 0.508 e. The van der Waals surface area contributed by atoms with Crippen molar-refractivity contribution >= 4 is 12.4 Å². The number of hydrogen-bond acceptors (Lipinski definition) is 3. The minimum atomic E-state index is -0.108. The van der Waals surface area contributed by atoms with Crippen molar-refractivity contribution in [2.75, 3.05) is 0 Å². The standard InChI is InChI=1S/C10H15NO2.ClH/c1-2-3-10(11)7-4-8(12)6-9(13)5-7;/h4-6,10,12-13H,2-3,11H2,1H3;1H/t10-;/m1./s1. The summed E-state index contributed by atoms with van der Waals surface area (Å²) in [5, 5.41) is 18.4. The van der Waals surface area contributed by atoms with Gasteiger partial charge in [0.25, 0.3) is 0 Å². The van der Waals surface area contributed by atoms with Crippen LogP contribution in [0.15, 0.2) is 18.2 Å². The fourth-order valence-electron chi connectivity index (χ4n) is 1.31. The average molecular weight is 218 g/mol. The van der Waals surface area contributed by atoms with Crippen molar-refractivity contribution in [3.63, 3.8) is 0 Å². The Kier molecular flexibility index (Phi) is 5.35. The SMILES string of the molecule is CCC[C@@H](N)c1cc(O)cc(O)c1.Cl. The number of phenols is 2. The van der Waals surface area contributed by atoms with Crippen LogP contribution in [0.1, 0.15) is 31.4 Å². The Morgan fingerprint density at radius 1 is 1.21 bits per heavy atom. The highest BCUT2D eigenvalue weighted by atomic mass is 35.5. The van der Waals surface area contributed by atoms with Crippen LogP contribution in [0.3, 0.4) is 0 Å². The minimum absolute atomic E-state index is 0. The normalized spacial score (nSPS) is 11.9. The second-order valence-corrected chi connectivity index (χ2v) is 3.18. The first-order chi connectivity index (χ1) is 6.13. The number of nitrogens with two attached hydrogens (primary N) is 1. The average Bonchev–Trinajstić information content (AvgIpc) is 2.03. The van der Waals surface area contributed by atoms with Crippen molar-refractivity contribution in [2.45, 2.75) is 25.8 Å². The Balaban J connectivity index is 0.00000169. The predicted octanol–water partition coefficient (Wildman–Crippen LogP) is 2.32. The van der Waals surface area contributed by atoms with Crippen molar-refractivity contribution in [3.8, 4) is 11.5 Å².